The minimum Gasteiger partial charge on any atom is -0.473 e. The van der Waals surface area contributed by atoms with E-state index in [1.165, 1.54) is 0 Å². The summed E-state index contributed by atoms with van der Waals surface area (Å²) in [7, 11) is 0. The van der Waals surface area contributed by atoms with Crippen molar-refractivity contribution in [2.75, 3.05) is 0 Å². The highest BCUT2D eigenvalue weighted by Crippen LogP contribution is 2.35. The zero-order chi connectivity index (χ0) is 23.2. The van der Waals surface area contributed by atoms with Gasteiger partial charge in [-0.3, -0.25) is 5.10 Å². The summed E-state index contributed by atoms with van der Waals surface area (Å²) < 4.78 is 8.17. The van der Waals surface area contributed by atoms with Crippen LogP contribution in [0.1, 0.15) is 40.5 Å². The number of hydrogen-bond acceptors (Lipinski definition) is 6. The molecule has 1 aromatic carbocycles. The molecule has 0 aliphatic carbocycles. The summed E-state index contributed by atoms with van der Waals surface area (Å²) in [5, 5.41) is 25.4. The van der Waals surface area contributed by atoms with Crippen molar-refractivity contribution in [3.63, 3.8) is 0 Å². The topological polar surface area (TPSA) is 93.5 Å². The van der Waals surface area contributed by atoms with E-state index in [9.17, 15) is 0 Å². The van der Waals surface area contributed by atoms with Crippen molar-refractivity contribution in [1.82, 2.24) is 35.3 Å². The Morgan fingerprint density at radius 1 is 1.03 bits per heavy atom. The van der Waals surface area contributed by atoms with Crippen molar-refractivity contribution in [1.29, 1.82) is 0 Å². The summed E-state index contributed by atoms with van der Waals surface area (Å²) in [5.74, 6) is 0.557. The minimum absolute atomic E-state index is 0.0153. The minimum atomic E-state index is 0.0153. The molecular weight excluding hydrogens is 548 g/mol. The molecule has 0 spiro atoms. The number of halogens is 1. The van der Waals surface area contributed by atoms with Crippen LogP contribution >= 0.6 is 28.4 Å². The number of nitrogens with zero attached hydrogens (tertiary/aromatic N) is 5. The van der Waals surface area contributed by atoms with Crippen LogP contribution in [0.15, 0.2) is 42.9 Å². The molecule has 1 atom stereocenters. The zero-order valence-electron chi connectivity index (χ0n) is 19.1. The molecule has 2 N–H and O–H groups in total. The van der Waals surface area contributed by atoms with Crippen LogP contribution in [0, 0.1) is 0 Å². The van der Waals surface area contributed by atoms with Crippen LogP contribution in [0.4, 0.5) is 0 Å². The van der Waals surface area contributed by atoms with E-state index in [1.54, 1.807) is 0 Å². The number of hydrogen-bond donors (Lipinski definition) is 2. The Morgan fingerprint density at radius 3 is 2.45 bits per heavy atom. The molecule has 5 rings (SSSR count). The average Bonchev–Trinajstić information content (AvgIpc) is 3.41. The van der Waals surface area contributed by atoms with Crippen LogP contribution in [0.5, 0.6) is 5.88 Å². The first-order chi connectivity index (χ1) is 15.7. The molecule has 1 fully saturated rings. The third-order valence-electron chi connectivity index (χ3n) is 5.95. The van der Waals surface area contributed by atoms with Crippen LogP contribution in [0.3, 0.4) is 0 Å². The fourth-order valence-corrected chi connectivity index (χ4v) is 6.10. The van der Waals surface area contributed by atoms with E-state index >= 15 is 0 Å². The second-order valence-electron chi connectivity index (χ2n) is 9.88. The summed E-state index contributed by atoms with van der Waals surface area (Å²) in [6.45, 7) is 8.86. The van der Waals surface area contributed by atoms with Crippen molar-refractivity contribution in [3.05, 3.63) is 42.9 Å². The molecule has 0 radical (unpaired) electrons. The van der Waals surface area contributed by atoms with Gasteiger partial charge < -0.3 is 10.1 Å². The van der Waals surface area contributed by atoms with Crippen molar-refractivity contribution >= 4 is 39.3 Å². The summed E-state index contributed by atoms with van der Waals surface area (Å²) in [4.78, 5) is 0. The van der Waals surface area contributed by atoms with E-state index in [-0.39, 0.29) is 17.2 Å². The van der Waals surface area contributed by atoms with E-state index in [2.05, 4.69) is 98.9 Å². The molecule has 172 valence electrons. The lowest BCUT2D eigenvalue weighted by molar-refractivity contribution is 0.0524. The molecule has 4 aromatic rings. The molecule has 33 heavy (non-hydrogen) atoms. The third kappa shape index (κ3) is 4.76. The van der Waals surface area contributed by atoms with Crippen LogP contribution in [0.25, 0.3) is 33.3 Å². The fraction of sp³-hybridized carbons (Fsp3) is 0.391. The van der Waals surface area contributed by atoms with E-state index in [0.29, 0.717) is 12.3 Å². The number of fused-ring (bicyclic) bond motifs is 1. The first kappa shape index (κ1) is 22.7. The predicted octanol–water partition coefficient (Wildman–Crippen LogP) is 5.36. The lowest BCUT2D eigenvalue weighted by Crippen LogP contribution is -2.60. The Kier molecular flexibility index (Phi) is 5.91. The van der Waals surface area contributed by atoms with Gasteiger partial charge in [-0.25, -0.2) is 4.45 Å². The van der Waals surface area contributed by atoms with Crippen LogP contribution < -0.4 is 10.1 Å². The van der Waals surface area contributed by atoms with E-state index in [4.69, 9.17) is 4.74 Å². The zero-order valence-corrected chi connectivity index (χ0v) is 22.2. The smallest absolute Gasteiger partial charge is 0.233 e. The molecule has 0 saturated carbocycles. The SMILES string of the molecule is CC1(C)CC(Oc2ccc(-c3ccc(-c4cnn(PI)c4)c4cn[nH]c34)nn2)CC(C)(C)N1. The average molecular weight is 575 g/mol. The van der Waals surface area contributed by atoms with Gasteiger partial charge >= 0.3 is 0 Å². The summed E-state index contributed by atoms with van der Waals surface area (Å²) in [6.07, 6.45) is 8.31. The maximum absolute atomic E-state index is 6.24. The van der Waals surface area contributed by atoms with Gasteiger partial charge in [-0.1, -0.05) is 6.07 Å². The second-order valence-corrected chi connectivity index (χ2v) is 11.9. The van der Waals surface area contributed by atoms with Crippen molar-refractivity contribution in [3.8, 4) is 28.3 Å². The predicted molar refractivity (Wildman–Crippen MR) is 141 cm³/mol. The lowest BCUT2D eigenvalue weighted by atomic mass is 9.81. The van der Waals surface area contributed by atoms with Crippen LogP contribution in [-0.4, -0.2) is 47.1 Å². The van der Waals surface area contributed by atoms with Gasteiger partial charge in [0.1, 0.15) is 6.10 Å². The van der Waals surface area contributed by atoms with Gasteiger partial charge in [0, 0.05) is 52.7 Å². The number of rotatable bonds is 5. The molecule has 0 amide bonds. The molecule has 1 aliphatic rings. The number of H-pyrrole nitrogens is 1. The highest BCUT2D eigenvalue weighted by atomic mass is 127. The number of aromatic nitrogens is 6. The standard InChI is InChI=1S/C23H27IN7OP/c1-22(2)9-15(10-23(3,4)30-22)32-20-8-7-19(27-28-20)17-6-5-16(18-12-25-29-21(17)18)14-11-26-31(13-14)33-24/h5-8,11-13,15,30,33H,9-10H2,1-4H3,(H,25,29). The number of piperidine rings is 1. The van der Waals surface area contributed by atoms with Crippen molar-refractivity contribution in [2.45, 2.75) is 57.7 Å². The van der Waals surface area contributed by atoms with Crippen molar-refractivity contribution in [2.24, 2.45) is 0 Å². The lowest BCUT2D eigenvalue weighted by Gasteiger charge is -2.46. The molecular formula is C23H27IN7OP. The Balaban J connectivity index is 1.40. The van der Waals surface area contributed by atoms with Gasteiger partial charge in [-0.2, -0.15) is 10.2 Å². The number of ether oxygens (including phenoxy) is 1. The summed E-state index contributed by atoms with van der Waals surface area (Å²) in [6, 6.07) is 8.02. The largest absolute Gasteiger partial charge is 0.473 e. The van der Waals surface area contributed by atoms with Crippen molar-refractivity contribution < 1.29 is 4.74 Å². The van der Waals surface area contributed by atoms with Gasteiger partial charge in [-0.15, -0.1) is 10.2 Å². The molecule has 3 aromatic heterocycles. The van der Waals surface area contributed by atoms with Gasteiger partial charge in [0.25, 0.3) is 0 Å². The van der Waals surface area contributed by atoms with E-state index in [1.807, 2.05) is 29.0 Å². The molecule has 10 heteroatoms. The number of benzene rings is 1. The third-order valence-corrected chi connectivity index (χ3v) is 7.85. The van der Waals surface area contributed by atoms with Gasteiger partial charge in [0.15, 0.2) is 0 Å². The monoisotopic (exact) mass is 575 g/mol. The molecule has 1 aliphatic heterocycles. The molecule has 1 unspecified atom stereocenters. The van der Waals surface area contributed by atoms with Crippen LogP contribution in [0.2, 0.25) is 0 Å². The van der Waals surface area contributed by atoms with E-state index in [0.717, 1.165) is 46.1 Å². The Labute approximate surface area is 207 Å². The summed E-state index contributed by atoms with van der Waals surface area (Å²) >= 11 is 2.32. The second kappa shape index (κ2) is 8.60. The highest BCUT2D eigenvalue weighted by molar-refractivity contribution is 14.2. The van der Waals surface area contributed by atoms with Gasteiger partial charge in [-0.05, 0) is 67.4 Å². The molecule has 4 heterocycles. The highest BCUT2D eigenvalue weighted by Gasteiger charge is 2.38. The first-order valence-electron chi connectivity index (χ1n) is 10.9. The maximum atomic E-state index is 6.24. The number of aromatic amines is 1. The fourth-order valence-electron chi connectivity index (χ4n) is 5.02. The Morgan fingerprint density at radius 2 is 1.79 bits per heavy atom. The molecule has 1 saturated heterocycles. The Hall–Kier alpha value is -2.10. The Bertz CT molecular complexity index is 1270. The molecule has 0 bridgehead atoms. The van der Waals surface area contributed by atoms with Crippen LogP contribution in [-0.2, 0) is 0 Å². The normalized spacial score (nSPS) is 18.3. The number of nitrogens with one attached hydrogen (secondary N) is 2. The van der Waals surface area contributed by atoms with Gasteiger partial charge in [0.05, 0.1) is 30.0 Å². The first-order valence-corrected chi connectivity index (χ1v) is 15.0. The van der Waals surface area contributed by atoms with Gasteiger partial charge in [0.2, 0.25) is 5.88 Å². The quantitative estimate of drug-likeness (QED) is 0.246. The van der Waals surface area contributed by atoms with E-state index < -0.39 is 0 Å². The summed E-state index contributed by atoms with van der Waals surface area (Å²) in [5.41, 5.74) is 4.85. The maximum Gasteiger partial charge on any atom is 0.233 e. The molecule has 8 nitrogen and oxygen atoms in total.